The highest BCUT2D eigenvalue weighted by atomic mass is 16.5. The number of furan rings is 1. The number of Topliss-reactive ketones (excluding diaryl/α,β-unsaturated/α-hetero) is 1. The molecule has 20 heavy (non-hydrogen) atoms. The van der Waals surface area contributed by atoms with Crippen LogP contribution in [0.25, 0.3) is 11.0 Å². The average molecular weight is 272 g/mol. The molecule has 2 rings (SSSR count). The molecule has 0 saturated heterocycles. The Labute approximate surface area is 117 Å². The number of carbonyl (C=O) groups excluding carboxylic acids is 2. The summed E-state index contributed by atoms with van der Waals surface area (Å²) in [6.07, 6.45) is 0.606. The Morgan fingerprint density at radius 1 is 1.30 bits per heavy atom. The minimum absolute atomic E-state index is 0.0762. The lowest BCUT2D eigenvalue weighted by Gasteiger charge is -2.05. The molecule has 0 fully saturated rings. The summed E-state index contributed by atoms with van der Waals surface area (Å²) in [6.45, 7) is 7.49. The lowest BCUT2D eigenvalue weighted by Crippen LogP contribution is -2.03. The minimum Gasteiger partial charge on any atom is -0.463 e. The summed E-state index contributed by atoms with van der Waals surface area (Å²) in [4.78, 5) is 23.7. The van der Waals surface area contributed by atoms with Gasteiger partial charge in [-0.05, 0) is 42.7 Å². The lowest BCUT2D eigenvalue weighted by atomic mass is 9.97. The summed E-state index contributed by atoms with van der Waals surface area (Å²) in [6, 6.07) is 5.05. The van der Waals surface area contributed by atoms with Gasteiger partial charge in [0.1, 0.15) is 5.58 Å². The van der Waals surface area contributed by atoms with Crippen molar-refractivity contribution in [2.45, 2.75) is 20.3 Å². The molecule has 4 heteroatoms. The molecule has 2 aromatic rings. The number of esters is 1. The van der Waals surface area contributed by atoms with Crippen LogP contribution < -0.4 is 0 Å². The molecule has 1 aromatic heterocycles. The second-order valence-electron chi connectivity index (χ2n) is 4.59. The van der Waals surface area contributed by atoms with Crippen molar-refractivity contribution in [2.24, 2.45) is 0 Å². The minimum atomic E-state index is -0.537. The fraction of sp³-hybridized carbons (Fsp3) is 0.250. The first-order valence-electron chi connectivity index (χ1n) is 6.33. The number of benzene rings is 1. The van der Waals surface area contributed by atoms with Gasteiger partial charge in [0, 0.05) is 10.9 Å². The van der Waals surface area contributed by atoms with Crippen LogP contribution in [0.15, 0.2) is 34.8 Å². The van der Waals surface area contributed by atoms with Gasteiger partial charge in [-0.2, -0.15) is 0 Å². The summed E-state index contributed by atoms with van der Waals surface area (Å²) in [5, 5.41) is 0.697. The molecule has 0 atom stereocenters. The number of ether oxygens (including phenoxy) is 1. The van der Waals surface area contributed by atoms with E-state index in [2.05, 4.69) is 11.3 Å². The Bertz CT molecular complexity index is 707. The van der Waals surface area contributed by atoms with Gasteiger partial charge >= 0.3 is 5.97 Å². The Balaban J connectivity index is 2.54. The number of fused-ring (bicyclic) bond motifs is 1. The maximum absolute atomic E-state index is 12.2. The first-order valence-corrected chi connectivity index (χ1v) is 6.33. The number of methoxy groups -OCH3 is 1. The van der Waals surface area contributed by atoms with Crippen LogP contribution in [-0.4, -0.2) is 18.9 Å². The predicted molar refractivity (Wildman–Crippen MR) is 76.1 cm³/mol. The maximum atomic E-state index is 12.2. The van der Waals surface area contributed by atoms with Gasteiger partial charge < -0.3 is 9.15 Å². The highest BCUT2D eigenvalue weighted by Crippen LogP contribution is 2.25. The molecule has 0 amide bonds. The highest BCUT2D eigenvalue weighted by molar-refractivity contribution is 6.11. The first-order chi connectivity index (χ1) is 9.47. The molecule has 1 heterocycles. The Morgan fingerprint density at radius 2 is 2.00 bits per heavy atom. The molecule has 0 aliphatic rings. The van der Waals surface area contributed by atoms with E-state index in [4.69, 9.17) is 4.42 Å². The van der Waals surface area contributed by atoms with Crippen molar-refractivity contribution < 1.29 is 18.7 Å². The number of rotatable bonds is 4. The Hall–Kier alpha value is -2.36. The predicted octanol–water partition coefficient (Wildman–Crippen LogP) is 3.68. The topological polar surface area (TPSA) is 56.5 Å². The van der Waals surface area contributed by atoms with Crippen LogP contribution in [-0.2, 0) is 4.74 Å². The van der Waals surface area contributed by atoms with Gasteiger partial charge in [0.15, 0.2) is 5.78 Å². The summed E-state index contributed by atoms with van der Waals surface area (Å²) in [5.41, 5.74) is 2.50. The molecular weight excluding hydrogens is 256 g/mol. The smallest absolute Gasteiger partial charge is 0.373 e. The number of ketones is 1. The van der Waals surface area contributed by atoms with Crippen LogP contribution in [0.4, 0.5) is 0 Å². The van der Waals surface area contributed by atoms with E-state index < -0.39 is 5.97 Å². The largest absolute Gasteiger partial charge is 0.463 e. The molecule has 0 radical (unpaired) electrons. The van der Waals surface area contributed by atoms with Crippen LogP contribution in [0.3, 0.4) is 0 Å². The lowest BCUT2D eigenvalue weighted by molar-refractivity contribution is 0.0567. The fourth-order valence-electron chi connectivity index (χ4n) is 1.99. The SMILES string of the molecule is C=C(CC)C(=O)c1cc2cc(C(=O)OC)oc2cc1C. The van der Waals surface area contributed by atoms with E-state index in [9.17, 15) is 9.59 Å². The van der Waals surface area contributed by atoms with Gasteiger partial charge in [-0.3, -0.25) is 4.79 Å². The van der Waals surface area contributed by atoms with Crippen molar-refractivity contribution in [3.05, 3.63) is 47.2 Å². The van der Waals surface area contributed by atoms with Crippen molar-refractivity contribution in [1.29, 1.82) is 0 Å². The van der Waals surface area contributed by atoms with Gasteiger partial charge in [0.05, 0.1) is 7.11 Å². The van der Waals surface area contributed by atoms with Gasteiger partial charge in [-0.1, -0.05) is 13.5 Å². The number of hydrogen-bond acceptors (Lipinski definition) is 4. The van der Waals surface area contributed by atoms with E-state index in [1.54, 1.807) is 18.2 Å². The monoisotopic (exact) mass is 272 g/mol. The summed E-state index contributed by atoms with van der Waals surface area (Å²) in [7, 11) is 1.29. The standard InChI is InChI=1S/C16H16O4/c1-5-9(2)15(17)12-7-11-8-14(16(18)19-4)20-13(11)6-10(12)3/h6-8H,2,5H2,1,3-4H3. The van der Waals surface area contributed by atoms with Gasteiger partial charge in [0.2, 0.25) is 5.76 Å². The second-order valence-corrected chi connectivity index (χ2v) is 4.59. The fourth-order valence-corrected chi connectivity index (χ4v) is 1.99. The molecule has 0 bridgehead atoms. The highest BCUT2D eigenvalue weighted by Gasteiger charge is 2.17. The van der Waals surface area contributed by atoms with Gasteiger partial charge in [-0.15, -0.1) is 0 Å². The Kier molecular flexibility index (Phi) is 3.74. The molecule has 0 spiro atoms. The normalized spacial score (nSPS) is 10.6. The number of hydrogen-bond donors (Lipinski definition) is 0. The second kappa shape index (κ2) is 5.33. The zero-order chi connectivity index (χ0) is 14.9. The van der Waals surface area contributed by atoms with Crippen LogP contribution in [0.2, 0.25) is 0 Å². The molecule has 1 aromatic carbocycles. The van der Waals surface area contributed by atoms with Crippen LogP contribution in [0.1, 0.15) is 39.8 Å². The molecule has 0 N–H and O–H groups in total. The average Bonchev–Trinajstić information content (AvgIpc) is 2.86. The van der Waals surface area contributed by atoms with Crippen molar-refractivity contribution in [2.75, 3.05) is 7.11 Å². The van der Waals surface area contributed by atoms with Gasteiger partial charge in [-0.25, -0.2) is 4.79 Å². The number of aryl methyl sites for hydroxylation is 1. The van der Waals surface area contributed by atoms with Crippen LogP contribution >= 0.6 is 0 Å². The van der Waals surface area contributed by atoms with E-state index >= 15 is 0 Å². The zero-order valence-corrected chi connectivity index (χ0v) is 11.8. The van der Waals surface area contributed by atoms with Crippen molar-refractivity contribution >= 4 is 22.7 Å². The summed E-state index contributed by atoms with van der Waals surface area (Å²) >= 11 is 0. The third kappa shape index (κ3) is 2.37. The quantitative estimate of drug-likeness (QED) is 0.484. The molecule has 0 unspecified atom stereocenters. The number of allylic oxidation sites excluding steroid dienone is 1. The van der Waals surface area contributed by atoms with E-state index in [0.717, 1.165) is 5.56 Å². The van der Waals surface area contributed by atoms with E-state index in [0.29, 0.717) is 28.5 Å². The molecule has 0 aliphatic carbocycles. The molecule has 0 aliphatic heterocycles. The zero-order valence-electron chi connectivity index (χ0n) is 11.8. The van der Waals surface area contributed by atoms with E-state index in [1.165, 1.54) is 7.11 Å². The van der Waals surface area contributed by atoms with E-state index in [1.807, 2.05) is 13.8 Å². The molecule has 4 nitrogen and oxygen atoms in total. The van der Waals surface area contributed by atoms with Gasteiger partial charge in [0.25, 0.3) is 0 Å². The van der Waals surface area contributed by atoms with Crippen LogP contribution in [0, 0.1) is 6.92 Å². The maximum Gasteiger partial charge on any atom is 0.373 e. The van der Waals surface area contributed by atoms with Crippen molar-refractivity contribution in [3.8, 4) is 0 Å². The molecule has 104 valence electrons. The van der Waals surface area contributed by atoms with Crippen molar-refractivity contribution in [3.63, 3.8) is 0 Å². The molecule has 0 saturated carbocycles. The van der Waals surface area contributed by atoms with E-state index in [-0.39, 0.29) is 11.5 Å². The Morgan fingerprint density at radius 3 is 2.60 bits per heavy atom. The number of carbonyl (C=O) groups is 2. The third-order valence-corrected chi connectivity index (χ3v) is 3.24. The first kappa shape index (κ1) is 14.1. The third-order valence-electron chi connectivity index (χ3n) is 3.24. The molecular formula is C16H16O4. The van der Waals surface area contributed by atoms with Crippen molar-refractivity contribution in [1.82, 2.24) is 0 Å². The van der Waals surface area contributed by atoms with Crippen LogP contribution in [0.5, 0.6) is 0 Å². The summed E-state index contributed by atoms with van der Waals surface area (Å²) < 4.78 is 10.0. The summed E-state index contributed by atoms with van der Waals surface area (Å²) in [5.74, 6) is -0.488.